The van der Waals surface area contributed by atoms with Gasteiger partial charge in [-0.1, -0.05) is 30.0 Å². The molecule has 0 bridgehead atoms. The molecule has 1 saturated heterocycles. The number of hydrogen-bond donors (Lipinski definition) is 1. The standard InChI is InChI=1S/C16H17NO5S2/c1-3-21-11-6-5-10(7-12(11)22-4-2)8-13-15(20)17(9-14(18)19)16(23)24-13/h5-8H,3-4,9H2,1-2H3,(H,18,19)/b13-8-. The lowest BCUT2D eigenvalue weighted by molar-refractivity contribution is -0.140. The lowest BCUT2D eigenvalue weighted by Gasteiger charge is -2.11. The summed E-state index contributed by atoms with van der Waals surface area (Å²) in [6.45, 7) is 4.34. The molecule has 0 aliphatic carbocycles. The predicted molar refractivity (Wildman–Crippen MR) is 96.3 cm³/mol. The number of thioether (sulfide) groups is 1. The van der Waals surface area contributed by atoms with Crippen molar-refractivity contribution in [3.8, 4) is 11.5 Å². The van der Waals surface area contributed by atoms with Gasteiger partial charge in [-0.3, -0.25) is 14.5 Å². The first kappa shape index (κ1) is 18.3. The number of carboxylic acid groups (broad SMARTS) is 1. The van der Waals surface area contributed by atoms with E-state index in [1.807, 2.05) is 13.8 Å². The van der Waals surface area contributed by atoms with Crippen molar-refractivity contribution < 1.29 is 24.2 Å². The second kappa shape index (κ2) is 8.16. The molecule has 8 heteroatoms. The van der Waals surface area contributed by atoms with Crippen LogP contribution in [0.25, 0.3) is 6.08 Å². The number of thiocarbonyl (C=S) groups is 1. The van der Waals surface area contributed by atoms with Crippen LogP contribution in [-0.4, -0.2) is 46.0 Å². The van der Waals surface area contributed by atoms with Crippen molar-refractivity contribution in [3.05, 3.63) is 28.7 Å². The SMILES string of the molecule is CCOc1ccc(/C=C2\SC(=S)N(CC(=O)O)C2=O)cc1OCC. The van der Waals surface area contributed by atoms with E-state index in [1.165, 1.54) is 0 Å². The number of nitrogens with zero attached hydrogens (tertiary/aromatic N) is 1. The van der Waals surface area contributed by atoms with E-state index in [0.717, 1.165) is 22.2 Å². The zero-order valence-electron chi connectivity index (χ0n) is 13.3. The highest BCUT2D eigenvalue weighted by Gasteiger charge is 2.33. The molecular formula is C16H17NO5S2. The number of carbonyl (C=O) groups is 2. The highest BCUT2D eigenvalue weighted by Crippen LogP contribution is 2.34. The highest BCUT2D eigenvalue weighted by molar-refractivity contribution is 8.26. The fraction of sp³-hybridized carbons (Fsp3) is 0.312. The second-order valence-corrected chi connectivity index (χ2v) is 6.41. The normalized spacial score (nSPS) is 15.9. The average Bonchev–Trinajstić information content (AvgIpc) is 2.77. The molecule has 0 saturated carbocycles. The Morgan fingerprint density at radius 3 is 2.58 bits per heavy atom. The molecule has 1 aliphatic rings. The molecule has 0 aromatic heterocycles. The lowest BCUT2D eigenvalue weighted by atomic mass is 10.2. The molecule has 0 radical (unpaired) electrons. The monoisotopic (exact) mass is 367 g/mol. The van der Waals surface area contributed by atoms with Crippen LogP contribution in [0.5, 0.6) is 11.5 Å². The Bertz CT molecular complexity index is 702. The number of benzene rings is 1. The molecule has 1 aromatic carbocycles. The summed E-state index contributed by atoms with van der Waals surface area (Å²) in [4.78, 5) is 24.5. The molecule has 1 heterocycles. The van der Waals surface area contributed by atoms with Gasteiger partial charge in [0.2, 0.25) is 0 Å². The van der Waals surface area contributed by atoms with Crippen LogP contribution in [0.3, 0.4) is 0 Å². The molecule has 1 aromatic rings. The third-order valence-corrected chi connectivity index (χ3v) is 4.41. The van der Waals surface area contributed by atoms with Crippen LogP contribution < -0.4 is 9.47 Å². The van der Waals surface area contributed by atoms with E-state index < -0.39 is 18.4 Å². The van der Waals surface area contributed by atoms with Crippen molar-refractivity contribution >= 4 is 46.3 Å². The first-order valence-corrected chi connectivity index (χ1v) is 8.55. The molecular weight excluding hydrogens is 350 g/mol. The number of carbonyl (C=O) groups excluding carboxylic acids is 1. The molecule has 2 rings (SSSR count). The zero-order chi connectivity index (χ0) is 17.7. The third-order valence-electron chi connectivity index (χ3n) is 3.03. The number of amides is 1. The fourth-order valence-corrected chi connectivity index (χ4v) is 3.34. The number of carboxylic acids is 1. The van der Waals surface area contributed by atoms with Gasteiger partial charge in [-0.05, 0) is 37.6 Å². The van der Waals surface area contributed by atoms with Gasteiger partial charge in [-0.25, -0.2) is 0 Å². The van der Waals surface area contributed by atoms with Crippen LogP contribution in [0.15, 0.2) is 23.1 Å². The fourth-order valence-electron chi connectivity index (χ4n) is 2.08. The van der Waals surface area contributed by atoms with Gasteiger partial charge in [0.15, 0.2) is 11.5 Å². The van der Waals surface area contributed by atoms with E-state index in [-0.39, 0.29) is 4.32 Å². The van der Waals surface area contributed by atoms with Crippen molar-refractivity contribution in [1.82, 2.24) is 4.90 Å². The van der Waals surface area contributed by atoms with Gasteiger partial charge >= 0.3 is 5.97 Å². The Morgan fingerprint density at radius 2 is 1.96 bits per heavy atom. The smallest absolute Gasteiger partial charge is 0.323 e. The van der Waals surface area contributed by atoms with Crippen LogP contribution in [0.2, 0.25) is 0 Å². The Kier molecular flexibility index (Phi) is 6.22. The van der Waals surface area contributed by atoms with Gasteiger partial charge in [0, 0.05) is 0 Å². The Hall–Kier alpha value is -2.06. The van der Waals surface area contributed by atoms with Crippen LogP contribution in [0.4, 0.5) is 0 Å². The quantitative estimate of drug-likeness (QED) is 0.586. The summed E-state index contributed by atoms with van der Waals surface area (Å²) in [7, 11) is 0. The summed E-state index contributed by atoms with van der Waals surface area (Å²) >= 11 is 6.16. The maximum Gasteiger partial charge on any atom is 0.323 e. The number of hydrogen-bond acceptors (Lipinski definition) is 6. The van der Waals surface area contributed by atoms with Gasteiger partial charge in [0.1, 0.15) is 10.9 Å². The molecule has 0 atom stereocenters. The first-order valence-electron chi connectivity index (χ1n) is 7.33. The molecule has 1 aliphatic heterocycles. The van der Waals surface area contributed by atoms with Crippen molar-refractivity contribution in [2.45, 2.75) is 13.8 Å². The maximum absolute atomic E-state index is 12.3. The molecule has 1 fully saturated rings. The molecule has 24 heavy (non-hydrogen) atoms. The first-order chi connectivity index (χ1) is 11.5. The van der Waals surface area contributed by atoms with Crippen molar-refractivity contribution in [1.29, 1.82) is 0 Å². The van der Waals surface area contributed by atoms with E-state index in [9.17, 15) is 9.59 Å². The van der Waals surface area contributed by atoms with Crippen LogP contribution >= 0.6 is 24.0 Å². The molecule has 0 unspecified atom stereocenters. The summed E-state index contributed by atoms with van der Waals surface area (Å²) in [5.41, 5.74) is 0.748. The van der Waals surface area contributed by atoms with Crippen LogP contribution in [0, 0.1) is 0 Å². The van der Waals surface area contributed by atoms with Crippen molar-refractivity contribution in [2.75, 3.05) is 19.8 Å². The largest absolute Gasteiger partial charge is 0.490 e. The summed E-state index contributed by atoms with van der Waals surface area (Å²) < 4.78 is 11.3. The van der Waals surface area contributed by atoms with Gasteiger partial charge in [-0.15, -0.1) is 0 Å². The average molecular weight is 367 g/mol. The minimum absolute atomic E-state index is 0.240. The van der Waals surface area contributed by atoms with Crippen LogP contribution in [-0.2, 0) is 9.59 Å². The van der Waals surface area contributed by atoms with E-state index in [0.29, 0.717) is 29.6 Å². The van der Waals surface area contributed by atoms with Crippen LogP contribution in [0.1, 0.15) is 19.4 Å². The number of rotatable bonds is 7. The maximum atomic E-state index is 12.3. The van der Waals surface area contributed by atoms with Gasteiger partial charge < -0.3 is 14.6 Å². The summed E-state index contributed by atoms with van der Waals surface area (Å²) in [6.07, 6.45) is 1.67. The third kappa shape index (κ3) is 4.27. The number of ether oxygens (including phenoxy) is 2. The molecule has 0 spiro atoms. The summed E-state index contributed by atoms with van der Waals surface area (Å²) in [6, 6.07) is 5.35. The van der Waals surface area contributed by atoms with E-state index in [1.54, 1.807) is 24.3 Å². The second-order valence-electron chi connectivity index (χ2n) is 4.73. The highest BCUT2D eigenvalue weighted by atomic mass is 32.2. The zero-order valence-corrected chi connectivity index (χ0v) is 14.9. The lowest BCUT2D eigenvalue weighted by Crippen LogP contribution is -2.33. The molecule has 128 valence electrons. The van der Waals surface area contributed by atoms with Crippen molar-refractivity contribution in [2.24, 2.45) is 0 Å². The van der Waals surface area contributed by atoms with E-state index in [2.05, 4.69) is 0 Å². The summed E-state index contributed by atoms with van der Waals surface area (Å²) in [5.74, 6) is -0.282. The Balaban J connectivity index is 2.27. The van der Waals surface area contributed by atoms with E-state index in [4.69, 9.17) is 26.8 Å². The Labute approximate surface area is 149 Å². The van der Waals surface area contributed by atoms with Gasteiger partial charge in [-0.2, -0.15) is 0 Å². The minimum Gasteiger partial charge on any atom is -0.490 e. The number of aliphatic carboxylic acids is 1. The molecule has 1 amide bonds. The topological polar surface area (TPSA) is 76.1 Å². The van der Waals surface area contributed by atoms with Gasteiger partial charge in [0.25, 0.3) is 5.91 Å². The minimum atomic E-state index is -1.10. The molecule has 6 nitrogen and oxygen atoms in total. The summed E-state index contributed by atoms with van der Waals surface area (Å²) in [5, 5.41) is 8.85. The Morgan fingerprint density at radius 1 is 1.29 bits per heavy atom. The predicted octanol–water partition coefficient (Wildman–Crippen LogP) is 2.77. The van der Waals surface area contributed by atoms with Gasteiger partial charge in [0.05, 0.1) is 18.1 Å². The van der Waals surface area contributed by atoms with E-state index >= 15 is 0 Å². The molecule has 1 N–H and O–H groups in total. The van der Waals surface area contributed by atoms with Crippen molar-refractivity contribution in [3.63, 3.8) is 0 Å².